The summed E-state index contributed by atoms with van der Waals surface area (Å²) in [5.74, 6) is 0.592. The summed E-state index contributed by atoms with van der Waals surface area (Å²) < 4.78 is 10.9. The van der Waals surface area contributed by atoms with Crippen LogP contribution in [0.5, 0.6) is 11.5 Å². The number of carbonyl (C=O) groups is 1. The molecule has 7 nitrogen and oxygen atoms in total. The van der Waals surface area contributed by atoms with Crippen LogP contribution >= 0.6 is 22.9 Å². The number of hydrogen-bond acceptors (Lipinski definition) is 7. The van der Waals surface area contributed by atoms with Crippen molar-refractivity contribution in [2.75, 3.05) is 19.8 Å². The third kappa shape index (κ3) is 3.62. The molecule has 0 aliphatic carbocycles. The summed E-state index contributed by atoms with van der Waals surface area (Å²) in [5.41, 5.74) is 6.29. The number of rotatable bonds is 5. The highest BCUT2D eigenvalue weighted by molar-refractivity contribution is 7.09. The maximum atomic E-state index is 12.0. The number of aromatic nitrogens is 1. The molecule has 4 N–H and O–H groups in total. The van der Waals surface area contributed by atoms with E-state index in [1.54, 1.807) is 17.5 Å². The normalized spacial score (nSPS) is 14.3. The third-order valence-corrected chi connectivity index (χ3v) is 4.57. The van der Waals surface area contributed by atoms with Gasteiger partial charge in [0.25, 0.3) is 5.91 Å². The molecular weight excluding hydrogens is 354 g/mol. The van der Waals surface area contributed by atoms with Gasteiger partial charge in [0.1, 0.15) is 23.9 Å². The lowest BCUT2D eigenvalue weighted by Crippen LogP contribution is -2.28. The Morgan fingerprint density at radius 2 is 2.25 bits per heavy atom. The van der Waals surface area contributed by atoms with E-state index in [4.69, 9.17) is 26.8 Å². The molecule has 0 saturated heterocycles. The van der Waals surface area contributed by atoms with Gasteiger partial charge in [-0.05, 0) is 17.7 Å². The van der Waals surface area contributed by atoms with Crippen molar-refractivity contribution >= 4 is 28.8 Å². The number of ether oxygens (including phenoxy) is 2. The van der Waals surface area contributed by atoms with Crippen LogP contribution in [-0.2, 0) is 6.54 Å². The molecule has 9 heteroatoms. The molecule has 1 atom stereocenters. The van der Waals surface area contributed by atoms with Gasteiger partial charge in [0.2, 0.25) is 0 Å². The summed E-state index contributed by atoms with van der Waals surface area (Å²) in [6.45, 7) is 1.16. The van der Waals surface area contributed by atoms with Crippen molar-refractivity contribution in [1.82, 2.24) is 10.3 Å². The standard InChI is InChI=1S/C15H16ClN3O4S/c16-9-3-8(4-12-14(9)23-2-1-22-12)11(20)6-18-15(21)10-7-24-13(5-17)19-10/h3-4,7,11,20H,1-2,5-6,17H2,(H,18,21). The van der Waals surface area contributed by atoms with Gasteiger partial charge in [0, 0.05) is 18.5 Å². The van der Waals surface area contributed by atoms with Crippen molar-refractivity contribution in [2.24, 2.45) is 5.73 Å². The number of aliphatic hydroxyl groups excluding tert-OH is 1. The van der Waals surface area contributed by atoms with Crippen molar-refractivity contribution in [3.63, 3.8) is 0 Å². The third-order valence-electron chi connectivity index (χ3n) is 3.42. The SMILES string of the molecule is NCc1nc(C(=O)NCC(O)c2cc(Cl)c3c(c2)OCCO3)cs1. The topological polar surface area (TPSA) is 107 Å². The minimum absolute atomic E-state index is 0.0181. The van der Waals surface area contributed by atoms with E-state index in [0.29, 0.717) is 40.3 Å². The second-order valence-corrected chi connectivity index (χ2v) is 6.43. The molecular formula is C15H16ClN3O4S. The summed E-state index contributed by atoms with van der Waals surface area (Å²) in [5, 5.41) is 15.6. The molecule has 1 aromatic heterocycles. The van der Waals surface area contributed by atoms with Crippen LogP contribution in [0, 0.1) is 0 Å². The molecule has 1 unspecified atom stereocenters. The number of nitrogens with two attached hydrogens (primary N) is 1. The van der Waals surface area contributed by atoms with Crippen LogP contribution in [0.25, 0.3) is 0 Å². The maximum Gasteiger partial charge on any atom is 0.270 e. The first-order chi connectivity index (χ1) is 11.6. The summed E-state index contributed by atoms with van der Waals surface area (Å²) in [6, 6.07) is 3.26. The van der Waals surface area contributed by atoms with Crippen LogP contribution in [0.1, 0.15) is 27.2 Å². The Morgan fingerprint density at radius 3 is 3.00 bits per heavy atom. The van der Waals surface area contributed by atoms with Crippen LogP contribution in [0.2, 0.25) is 5.02 Å². The fraction of sp³-hybridized carbons (Fsp3) is 0.333. The number of aliphatic hydroxyl groups is 1. The first-order valence-corrected chi connectivity index (χ1v) is 8.54. The van der Waals surface area contributed by atoms with Gasteiger partial charge in [0.05, 0.1) is 11.1 Å². The van der Waals surface area contributed by atoms with Crippen LogP contribution in [0.15, 0.2) is 17.5 Å². The summed E-state index contributed by atoms with van der Waals surface area (Å²) >= 11 is 7.46. The number of amides is 1. The molecule has 1 amide bonds. The van der Waals surface area contributed by atoms with Crippen molar-refractivity contribution in [3.8, 4) is 11.5 Å². The summed E-state index contributed by atoms with van der Waals surface area (Å²) in [6.07, 6.45) is -0.935. The molecule has 0 fully saturated rings. The molecule has 0 radical (unpaired) electrons. The summed E-state index contributed by atoms with van der Waals surface area (Å²) in [4.78, 5) is 16.1. The highest BCUT2D eigenvalue weighted by Gasteiger charge is 2.20. The van der Waals surface area contributed by atoms with E-state index < -0.39 is 6.10 Å². The van der Waals surface area contributed by atoms with Crippen molar-refractivity contribution in [3.05, 3.63) is 38.8 Å². The van der Waals surface area contributed by atoms with Gasteiger partial charge in [-0.3, -0.25) is 4.79 Å². The van der Waals surface area contributed by atoms with Crippen LogP contribution in [-0.4, -0.2) is 35.8 Å². The second kappa shape index (κ2) is 7.35. The van der Waals surface area contributed by atoms with Gasteiger partial charge >= 0.3 is 0 Å². The number of halogens is 1. The van der Waals surface area contributed by atoms with E-state index in [9.17, 15) is 9.90 Å². The van der Waals surface area contributed by atoms with Gasteiger partial charge in [-0.1, -0.05) is 11.6 Å². The Kier molecular flexibility index (Phi) is 5.20. The molecule has 24 heavy (non-hydrogen) atoms. The molecule has 128 valence electrons. The molecule has 1 aliphatic rings. The van der Waals surface area contributed by atoms with Crippen molar-refractivity contribution in [1.29, 1.82) is 0 Å². The number of thiazole rings is 1. The fourth-order valence-electron chi connectivity index (χ4n) is 2.23. The van der Waals surface area contributed by atoms with Crippen molar-refractivity contribution < 1.29 is 19.4 Å². The number of benzene rings is 1. The van der Waals surface area contributed by atoms with E-state index in [0.717, 1.165) is 0 Å². The lowest BCUT2D eigenvalue weighted by molar-refractivity contribution is 0.0911. The van der Waals surface area contributed by atoms with Gasteiger partial charge < -0.3 is 25.6 Å². The largest absolute Gasteiger partial charge is 0.486 e. The predicted octanol–water partition coefficient (Wildman–Crippen LogP) is 1.49. The molecule has 1 aliphatic heterocycles. The zero-order valence-electron chi connectivity index (χ0n) is 12.6. The van der Waals surface area contributed by atoms with E-state index in [2.05, 4.69) is 10.3 Å². The zero-order valence-corrected chi connectivity index (χ0v) is 14.2. The Hall–Kier alpha value is -1.87. The average Bonchev–Trinajstić information content (AvgIpc) is 3.08. The highest BCUT2D eigenvalue weighted by Crippen LogP contribution is 2.39. The number of carbonyl (C=O) groups excluding carboxylic acids is 1. The lowest BCUT2D eigenvalue weighted by atomic mass is 10.1. The van der Waals surface area contributed by atoms with Gasteiger partial charge in [-0.25, -0.2) is 4.98 Å². The van der Waals surface area contributed by atoms with Gasteiger partial charge in [0.15, 0.2) is 11.5 Å². The molecule has 0 bridgehead atoms. The number of fused-ring (bicyclic) bond motifs is 1. The number of nitrogens with zero attached hydrogens (tertiary/aromatic N) is 1. The highest BCUT2D eigenvalue weighted by atomic mass is 35.5. The second-order valence-electron chi connectivity index (χ2n) is 5.08. The Labute approximate surface area is 147 Å². The zero-order chi connectivity index (χ0) is 17.1. The van der Waals surface area contributed by atoms with Crippen LogP contribution in [0.4, 0.5) is 0 Å². The molecule has 1 aromatic carbocycles. The molecule has 0 spiro atoms. The van der Waals surface area contributed by atoms with Gasteiger partial charge in [-0.15, -0.1) is 11.3 Å². The smallest absolute Gasteiger partial charge is 0.270 e. The molecule has 0 saturated carbocycles. The fourth-order valence-corrected chi connectivity index (χ4v) is 3.16. The Morgan fingerprint density at radius 1 is 1.46 bits per heavy atom. The summed E-state index contributed by atoms with van der Waals surface area (Å²) in [7, 11) is 0. The van der Waals surface area contributed by atoms with Crippen molar-refractivity contribution in [2.45, 2.75) is 12.6 Å². The maximum absolute atomic E-state index is 12.0. The quantitative estimate of drug-likeness (QED) is 0.737. The number of nitrogens with one attached hydrogen (secondary N) is 1. The minimum Gasteiger partial charge on any atom is -0.486 e. The first-order valence-electron chi connectivity index (χ1n) is 7.28. The minimum atomic E-state index is -0.935. The molecule has 3 rings (SSSR count). The van der Waals surface area contributed by atoms with Gasteiger partial charge in [-0.2, -0.15) is 0 Å². The average molecular weight is 370 g/mol. The molecule has 2 heterocycles. The van der Waals surface area contributed by atoms with E-state index in [1.165, 1.54) is 11.3 Å². The van der Waals surface area contributed by atoms with Crippen LogP contribution in [0.3, 0.4) is 0 Å². The Bertz CT molecular complexity index is 752. The predicted molar refractivity (Wildman–Crippen MR) is 89.7 cm³/mol. The monoisotopic (exact) mass is 369 g/mol. The molecule has 2 aromatic rings. The lowest BCUT2D eigenvalue weighted by Gasteiger charge is -2.21. The van der Waals surface area contributed by atoms with E-state index in [-0.39, 0.29) is 24.7 Å². The Balaban J connectivity index is 1.65. The number of hydrogen-bond donors (Lipinski definition) is 3. The van der Waals surface area contributed by atoms with E-state index in [1.807, 2.05) is 0 Å². The van der Waals surface area contributed by atoms with E-state index >= 15 is 0 Å². The first kappa shape index (κ1) is 17.0. The van der Waals surface area contributed by atoms with Crippen LogP contribution < -0.4 is 20.5 Å².